The zero-order valence-electron chi connectivity index (χ0n) is 9.33. The van der Waals surface area contributed by atoms with Gasteiger partial charge in [-0.15, -0.1) is 0 Å². The van der Waals surface area contributed by atoms with Crippen LogP contribution in [0.1, 0.15) is 36.3 Å². The van der Waals surface area contributed by atoms with Gasteiger partial charge in [0.15, 0.2) is 0 Å². The fraction of sp³-hybridized carbons (Fsp3) is 0.727. The molecule has 0 saturated carbocycles. The summed E-state index contributed by atoms with van der Waals surface area (Å²) in [7, 11) is 0. The summed E-state index contributed by atoms with van der Waals surface area (Å²) in [6.07, 6.45) is 3.96. The Bertz CT molecular complexity index is 316. The van der Waals surface area contributed by atoms with Gasteiger partial charge in [-0.1, -0.05) is 11.6 Å². The lowest BCUT2D eigenvalue weighted by Gasteiger charge is -2.25. The number of piperidine rings is 1. The van der Waals surface area contributed by atoms with E-state index in [2.05, 4.69) is 10.1 Å². The highest BCUT2D eigenvalue weighted by Gasteiger charge is 2.16. The lowest BCUT2D eigenvalue weighted by Crippen LogP contribution is -2.29. The predicted molar refractivity (Wildman–Crippen MR) is 58.3 cm³/mol. The van der Waals surface area contributed by atoms with Gasteiger partial charge in [0.2, 0.25) is 0 Å². The second-order valence-corrected chi connectivity index (χ2v) is 4.20. The SMILES string of the molecule is Cc1onc(CN2CCCCC2)c1CN. The van der Waals surface area contributed by atoms with Gasteiger partial charge in [0.25, 0.3) is 0 Å². The van der Waals surface area contributed by atoms with Gasteiger partial charge in [-0.05, 0) is 32.9 Å². The molecule has 15 heavy (non-hydrogen) atoms. The van der Waals surface area contributed by atoms with E-state index in [1.165, 1.54) is 32.4 Å². The van der Waals surface area contributed by atoms with E-state index in [1.54, 1.807) is 0 Å². The molecule has 1 aliphatic rings. The van der Waals surface area contributed by atoms with Crippen molar-refractivity contribution in [3.63, 3.8) is 0 Å². The van der Waals surface area contributed by atoms with Crippen molar-refractivity contribution in [3.8, 4) is 0 Å². The van der Waals surface area contributed by atoms with Crippen molar-refractivity contribution in [3.05, 3.63) is 17.0 Å². The molecule has 1 saturated heterocycles. The Labute approximate surface area is 90.4 Å². The summed E-state index contributed by atoms with van der Waals surface area (Å²) >= 11 is 0. The first-order valence-electron chi connectivity index (χ1n) is 5.67. The average molecular weight is 209 g/mol. The minimum atomic E-state index is 0.526. The molecule has 4 heteroatoms. The van der Waals surface area contributed by atoms with E-state index in [0.29, 0.717) is 6.54 Å². The van der Waals surface area contributed by atoms with Crippen LogP contribution < -0.4 is 5.73 Å². The van der Waals surface area contributed by atoms with Gasteiger partial charge in [0.05, 0.1) is 0 Å². The van der Waals surface area contributed by atoms with Crippen LogP contribution in [0.5, 0.6) is 0 Å². The van der Waals surface area contributed by atoms with Crippen molar-refractivity contribution in [2.24, 2.45) is 5.73 Å². The molecular formula is C11H19N3O. The Balaban J connectivity index is 2.02. The van der Waals surface area contributed by atoms with E-state index >= 15 is 0 Å². The lowest BCUT2D eigenvalue weighted by molar-refractivity contribution is 0.214. The van der Waals surface area contributed by atoms with Crippen LogP contribution in [-0.2, 0) is 13.1 Å². The van der Waals surface area contributed by atoms with E-state index in [1.807, 2.05) is 6.92 Å². The third kappa shape index (κ3) is 2.38. The number of nitrogens with zero attached hydrogens (tertiary/aromatic N) is 2. The summed E-state index contributed by atoms with van der Waals surface area (Å²) in [6, 6.07) is 0. The van der Waals surface area contributed by atoms with Crippen molar-refractivity contribution in [2.45, 2.75) is 39.3 Å². The van der Waals surface area contributed by atoms with E-state index in [9.17, 15) is 0 Å². The summed E-state index contributed by atoms with van der Waals surface area (Å²) in [5.41, 5.74) is 7.79. The molecule has 1 fully saturated rings. The fourth-order valence-electron chi connectivity index (χ4n) is 2.15. The Morgan fingerprint density at radius 1 is 1.33 bits per heavy atom. The Hall–Kier alpha value is -0.870. The van der Waals surface area contributed by atoms with Gasteiger partial charge >= 0.3 is 0 Å². The molecule has 0 radical (unpaired) electrons. The van der Waals surface area contributed by atoms with E-state index in [0.717, 1.165) is 23.6 Å². The summed E-state index contributed by atoms with van der Waals surface area (Å²) < 4.78 is 5.17. The maximum Gasteiger partial charge on any atom is 0.138 e. The van der Waals surface area contributed by atoms with E-state index in [-0.39, 0.29) is 0 Å². The first-order valence-corrected chi connectivity index (χ1v) is 5.67. The topological polar surface area (TPSA) is 55.3 Å². The molecule has 2 N–H and O–H groups in total. The summed E-state index contributed by atoms with van der Waals surface area (Å²) in [5, 5.41) is 4.08. The normalized spacial score (nSPS) is 18.3. The van der Waals surface area contributed by atoms with Crippen molar-refractivity contribution in [1.82, 2.24) is 10.1 Å². The highest BCUT2D eigenvalue weighted by molar-refractivity contribution is 5.21. The molecule has 1 aliphatic heterocycles. The average Bonchev–Trinajstić information content (AvgIpc) is 2.61. The number of aromatic nitrogens is 1. The smallest absolute Gasteiger partial charge is 0.138 e. The molecule has 1 aromatic rings. The molecule has 2 heterocycles. The third-order valence-corrected chi connectivity index (χ3v) is 3.09. The maximum absolute atomic E-state index is 5.68. The highest BCUT2D eigenvalue weighted by atomic mass is 16.5. The highest BCUT2D eigenvalue weighted by Crippen LogP contribution is 2.17. The summed E-state index contributed by atoms with van der Waals surface area (Å²) in [6.45, 7) is 5.70. The maximum atomic E-state index is 5.68. The van der Waals surface area contributed by atoms with Gasteiger partial charge in [0.1, 0.15) is 11.5 Å². The van der Waals surface area contributed by atoms with Crippen LogP contribution in [0.2, 0.25) is 0 Å². The molecule has 0 unspecified atom stereocenters. The van der Waals surface area contributed by atoms with Gasteiger partial charge in [-0.2, -0.15) is 0 Å². The molecule has 0 aliphatic carbocycles. The van der Waals surface area contributed by atoms with Crippen LogP contribution in [0, 0.1) is 6.92 Å². The zero-order chi connectivity index (χ0) is 10.7. The first-order chi connectivity index (χ1) is 7.31. The van der Waals surface area contributed by atoms with Crippen molar-refractivity contribution in [2.75, 3.05) is 13.1 Å². The quantitative estimate of drug-likeness (QED) is 0.818. The molecule has 0 spiro atoms. The second-order valence-electron chi connectivity index (χ2n) is 4.20. The molecule has 2 rings (SSSR count). The van der Waals surface area contributed by atoms with Crippen molar-refractivity contribution < 1.29 is 4.52 Å². The number of hydrogen-bond acceptors (Lipinski definition) is 4. The fourth-order valence-corrected chi connectivity index (χ4v) is 2.15. The van der Waals surface area contributed by atoms with Gasteiger partial charge in [-0.25, -0.2) is 0 Å². The Morgan fingerprint density at radius 2 is 2.07 bits per heavy atom. The van der Waals surface area contributed by atoms with E-state index in [4.69, 9.17) is 10.3 Å². The molecule has 0 atom stereocenters. The molecule has 0 bridgehead atoms. The number of rotatable bonds is 3. The van der Waals surface area contributed by atoms with Crippen LogP contribution in [0.4, 0.5) is 0 Å². The lowest BCUT2D eigenvalue weighted by atomic mass is 10.1. The van der Waals surface area contributed by atoms with Crippen LogP contribution in [-0.4, -0.2) is 23.1 Å². The zero-order valence-corrected chi connectivity index (χ0v) is 9.33. The molecule has 1 aromatic heterocycles. The minimum Gasteiger partial charge on any atom is -0.361 e. The van der Waals surface area contributed by atoms with Crippen LogP contribution in [0.25, 0.3) is 0 Å². The number of hydrogen-bond donors (Lipinski definition) is 1. The third-order valence-electron chi connectivity index (χ3n) is 3.09. The largest absolute Gasteiger partial charge is 0.361 e. The number of aryl methyl sites for hydroxylation is 1. The monoisotopic (exact) mass is 209 g/mol. The summed E-state index contributed by atoms with van der Waals surface area (Å²) in [4.78, 5) is 2.43. The number of likely N-dealkylation sites (tertiary alicyclic amines) is 1. The van der Waals surface area contributed by atoms with Crippen LogP contribution >= 0.6 is 0 Å². The molecule has 84 valence electrons. The Kier molecular flexibility index (Phi) is 3.38. The summed E-state index contributed by atoms with van der Waals surface area (Å²) in [5.74, 6) is 0.865. The minimum absolute atomic E-state index is 0.526. The standard InChI is InChI=1S/C11H19N3O/c1-9-10(7-12)11(13-15-9)8-14-5-3-2-4-6-14/h2-8,12H2,1H3. The molecule has 0 amide bonds. The second kappa shape index (κ2) is 4.77. The van der Waals surface area contributed by atoms with Crippen molar-refractivity contribution >= 4 is 0 Å². The molecule has 0 aromatic carbocycles. The predicted octanol–water partition coefficient (Wildman–Crippen LogP) is 1.43. The van der Waals surface area contributed by atoms with Gasteiger partial charge < -0.3 is 10.3 Å². The van der Waals surface area contributed by atoms with Gasteiger partial charge in [0, 0.05) is 18.7 Å². The molecular weight excluding hydrogens is 190 g/mol. The van der Waals surface area contributed by atoms with Crippen LogP contribution in [0.3, 0.4) is 0 Å². The number of nitrogens with two attached hydrogens (primary N) is 1. The first kappa shape index (κ1) is 10.6. The molecule has 4 nitrogen and oxygen atoms in total. The van der Waals surface area contributed by atoms with Crippen molar-refractivity contribution in [1.29, 1.82) is 0 Å². The Morgan fingerprint density at radius 3 is 2.73 bits per heavy atom. The van der Waals surface area contributed by atoms with Crippen LogP contribution in [0.15, 0.2) is 4.52 Å². The van der Waals surface area contributed by atoms with Gasteiger partial charge in [-0.3, -0.25) is 4.90 Å². The van der Waals surface area contributed by atoms with E-state index < -0.39 is 0 Å².